The fourth-order valence-electron chi connectivity index (χ4n) is 8.82. The van der Waals surface area contributed by atoms with E-state index >= 15 is 0 Å². The second kappa shape index (κ2) is 8.38. The molecule has 4 rings (SSSR count). The zero-order valence-electron chi connectivity index (χ0n) is 19.7. The fraction of sp³-hybridized carbons (Fsp3) is 1.00. The van der Waals surface area contributed by atoms with E-state index in [4.69, 9.17) is 0 Å². The summed E-state index contributed by atoms with van der Waals surface area (Å²) in [5.41, 5.74) is 0.656. The summed E-state index contributed by atoms with van der Waals surface area (Å²) < 4.78 is 40.0. The number of alkyl halides is 3. The Morgan fingerprint density at radius 3 is 2.10 bits per heavy atom. The van der Waals surface area contributed by atoms with Crippen LogP contribution in [-0.2, 0) is 0 Å². The van der Waals surface area contributed by atoms with Crippen LogP contribution >= 0.6 is 0 Å². The largest absolute Gasteiger partial charge is 0.391 e. The molecule has 8 unspecified atom stereocenters. The minimum absolute atomic E-state index is 0.167. The van der Waals surface area contributed by atoms with Crippen LogP contribution < -0.4 is 0 Å². The van der Waals surface area contributed by atoms with E-state index in [1.54, 1.807) is 0 Å². The van der Waals surface area contributed by atoms with E-state index in [0.29, 0.717) is 30.1 Å². The van der Waals surface area contributed by atoms with Crippen molar-refractivity contribution in [2.75, 3.05) is 0 Å². The SMILES string of the molecule is CC.CC[C@@H](C)C1CCC2C3CCC4CC(C(F)(F)F)CCC4(C)C3CCC21C. The van der Waals surface area contributed by atoms with Crippen molar-refractivity contribution in [1.29, 1.82) is 0 Å². The minimum atomic E-state index is -3.99. The zero-order chi connectivity index (χ0) is 21.6. The van der Waals surface area contributed by atoms with Crippen molar-refractivity contribution in [2.24, 2.45) is 52.3 Å². The standard InChI is InChI=1S/C24H39F3.C2H6/c1-5-15(2)19-8-9-20-18-7-6-16-14-17(24(25,26)27)10-12-22(16,3)21(18)11-13-23(19,20)4;1-2/h15-21H,5-14H2,1-4H3;1-2H3/t15-,16?,17?,18?,19?,20?,21?,22?,23?;/m1./s1. The number of hydrogen-bond donors (Lipinski definition) is 0. The Labute approximate surface area is 177 Å². The topological polar surface area (TPSA) is 0 Å². The van der Waals surface area contributed by atoms with Crippen LogP contribution in [0.2, 0.25) is 0 Å². The first-order chi connectivity index (χ1) is 13.6. The van der Waals surface area contributed by atoms with Gasteiger partial charge in [-0.15, -0.1) is 0 Å². The molecule has 0 spiro atoms. The molecule has 0 saturated heterocycles. The number of halogens is 3. The Morgan fingerprint density at radius 2 is 1.48 bits per heavy atom. The summed E-state index contributed by atoms with van der Waals surface area (Å²) >= 11 is 0. The monoisotopic (exact) mass is 414 g/mol. The van der Waals surface area contributed by atoms with Gasteiger partial charge in [0.2, 0.25) is 0 Å². The molecule has 170 valence electrons. The average molecular weight is 415 g/mol. The molecule has 0 nitrogen and oxygen atoms in total. The summed E-state index contributed by atoms with van der Waals surface area (Å²) in [5, 5.41) is 0. The maximum Gasteiger partial charge on any atom is 0.391 e. The summed E-state index contributed by atoms with van der Waals surface area (Å²) in [5.74, 6) is 3.22. The van der Waals surface area contributed by atoms with Crippen molar-refractivity contribution < 1.29 is 13.2 Å². The molecule has 3 heteroatoms. The molecule has 29 heavy (non-hydrogen) atoms. The van der Waals surface area contributed by atoms with Crippen molar-refractivity contribution in [3.63, 3.8) is 0 Å². The third kappa shape index (κ3) is 3.79. The van der Waals surface area contributed by atoms with Crippen molar-refractivity contribution in [3.05, 3.63) is 0 Å². The third-order valence-electron chi connectivity index (χ3n) is 10.5. The highest BCUT2D eigenvalue weighted by Crippen LogP contribution is 2.69. The van der Waals surface area contributed by atoms with Crippen LogP contribution in [0.1, 0.15) is 106 Å². The van der Waals surface area contributed by atoms with Crippen LogP contribution in [0.5, 0.6) is 0 Å². The summed E-state index contributed by atoms with van der Waals surface area (Å²) in [7, 11) is 0. The molecule has 0 amide bonds. The van der Waals surface area contributed by atoms with E-state index in [-0.39, 0.29) is 5.41 Å². The maximum atomic E-state index is 13.3. The van der Waals surface area contributed by atoms with Gasteiger partial charge >= 0.3 is 6.18 Å². The quantitative estimate of drug-likeness (QED) is 0.423. The lowest BCUT2D eigenvalue weighted by Gasteiger charge is -2.61. The lowest BCUT2D eigenvalue weighted by molar-refractivity contribution is -0.208. The molecular weight excluding hydrogens is 369 g/mol. The summed E-state index contributed by atoms with van der Waals surface area (Å²) in [6.07, 6.45) is 6.46. The van der Waals surface area contributed by atoms with Crippen molar-refractivity contribution in [2.45, 2.75) is 112 Å². The maximum absolute atomic E-state index is 13.3. The van der Waals surface area contributed by atoms with Gasteiger partial charge in [0.15, 0.2) is 0 Å². The number of rotatable bonds is 2. The highest BCUT2D eigenvalue weighted by Gasteiger charge is 2.61. The van der Waals surface area contributed by atoms with Crippen LogP contribution in [-0.4, -0.2) is 6.18 Å². The van der Waals surface area contributed by atoms with Crippen LogP contribution in [0.25, 0.3) is 0 Å². The van der Waals surface area contributed by atoms with Gasteiger partial charge in [0, 0.05) is 0 Å². The van der Waals surface area contributed by atoms with Gasteiger partial charge in [-0.25, -0.2) is 0 Å². The first-order valence-electron chi connectivity index (χ1n) is 12.7. The summed E-state index contributed by atoms with van der Waals surface area (Å²) in [6, 6.07) is 0. The molecule has 0 aromatic rings. The molecule has 4 fully saturated rings. The van der Waals surface area contributed by atoms with Crippen molar-refractivity contribution >= 4 is 0 Å². The first-order valence-corrected chi connectivity index (χ1v) is 12.7. The summed E-state index contributed by atoms with van der Waals surface area (Å²) in [4.78, 5) is 0. The van der Waals surface area contributed by atoms with Gasteiger partial charge in [-0.05, 0) is 104 Å². The Bertz CT molecular complexity index is 555. The first kappa shape index (κ1) is 23.5. The predicted octanol–water partition coefficient (Wildman–Crippen LogP) is 8.90. The number of hydrogen-bond acceptors (Lipinski definition) is 0. The Hall–Kier alpha value is -0.210. The average Bonchev–Trinajstić information content (AvgIpc) is 3.04. The van der Waals surface area contributed by atoms with E-state index < -0.39 is 12.1 Å². The van der Waals surface area contributed by atoms with Gasteiger partial charge in [-0.1, -0.05) is 48.0 Å². The van der Waals surface area contributed by atoms with Gasteiger partial charge in [-0.3, -0.25) is 0 Å². The van der Waals surface area contributed by atoms with Gasteiger partial charge in [0.05, 0.1) is 5.92 Å². The molecule has 4 aliphatic rings. The molecule has 0 heterocycles. The smallest absolute Gasteiger partial charge is 0.171 e. The van der Waals surface area contributed by atoms with Crippen LogP contribution in [0.15, 0.2) is 0 Å². The minimum Gasteiger partial charge on any atom is -0.171 e. The molecule has 4 aliphatic carbocycles. The molecule has 0 aromatic heterocycles. The Morgan fingerprint density at radius 1 is 0.862 bits per heavy atom. The molecule has 9 atom stereocenters. The lowest BCUT2D eigenvalue weighted by atomic mass is 9.44. The fourth-order valence-corrected chi connectivity index (χ4v) is 8.82. The van der Waals surface area contributed by atoms with Gasteiger partial charge < -0.3 is 0 Å². The van der Waals surface area contributed by atoms with E-state index in [9.17, 15) is 13.2 Å². The third-order valence-corrected chi connectivity index (χ3v) is 10.5. The molecule has 4 saturated carbocycles. The van der Waals surface area contributed by atoms with Crippen molar-refractivity contribution in [1.82, 2.24) is 0 Å². The normalized spacial score (nSPS) is 47.9. The molecule has 0 radical (unpaired) electrons. The van der Waals surface area contributed by atoms with Gasteiger partial charge in [0.1, 0.15) is 0 Å². The molecule has 0 aromatic carbocycles. The molecule has 0 N–H and O–H groups in total. The van der Waals surface area contributed by atoms with Gasteiger partial charge in [0.25, 0.3) is 0 Å². The zero-order valence-corrected chi connectivity index (χ0v) is 19.7. The predicted molar refractivity (Wildman–Crippen MR) is 116 cm³/mol. The number of fused-ring (bicyclic) bond motifs is 5. The van der Waals surface area contributed by atoms with Crippen molar-refractivity contribution in [3.8, 4) is 0 Å². The van der Waals surface area contributed by atoms with Crippen LogP contribution in [0.3, 0.4) is 0 Å². The second-order valence-electron chi connectivity index (χ2n) is 11.3. The van der Waals surface area contributed by atoms with E-state index in [0.717, 1.165) is 36.5 Å². The molecule has 0 bridgehead atoms. The summed E-state index contributed by atoms with van der Waals surface area (Å²) in [6.45, 7) is 13.7. The van der Waals surface area contributed by atoms with E-state index in [1.165, 1.54) is 38.5 Å². The second-order valence-corrected chi connectivity index (χ2v) is 11.3. The van der Waals surface area contributed by atoms with Gasteiger partial charge in [-0.2, -0.15) is 13.2 Å². The Kier molecular flexibility index (Phi) is 6.78. The highest BCUT2D eigenvalue weighted by molar-refractivity contribution is 5.09. The Balaban J connectivity index is 0.00000117. The lowest BCUT2D eigenvalue weighted by Crippen LogP contribution is -2.54. The highest BCUT2D eigenvalue weighted by atomic mass is 19.4. The molecular formula is C26H45F3. The van der Waals surface area contributed by atoms with E-state index in [1.807, 2.05) is 13.8 Å². The van der Waals surface area contributed by atoms with E-state index in [2.05, 4.69) is 27.7 Å². The molecule has 0 aliphatic heterocycles. The van der Waals surface area contributed by atoms with Crippen LogP contribution in [0, 0.1) is 52.3 Å². The van der Waals surface area contributed by atoms with Crippen LogP contribution in [0.4, 0.5) is 13.2 Å².